The van der Waals surface area contributed by atoms with E-state index in [9.17, 15) is 10.1 Å². The van der Waals surface area contributed by atoms with Crippen LogP contribution < -0.4 is 20.1 Å². The van der Waals surface area contributed by atoms with Gasteiger partial charge in [-0.2, -0.15) is 5.26 Å². The van der Waals surface area contributed by atoms with Crippen LogP contribution in [0.3, 0.4) is 0 Å². The average molecular weight is 520 g/mol. The van der Waals surface area contributed by atoms with Crippen molar-refractivity contribution in [1.82, 2.24) is 0 Å². The molecular weight excluding hydrogens is 486 g/mol. The Morgan fingerprint density at radius 2 is 1.67 bits per heavy atom. The lowest BCUT2D eigenvalue weighted by Gasteiger charge is -2.40. The van der Waals surface area contributed by atoms with Crippen molar-refractivity contribution in [3.63, 3.8) is 0 Å². The topological polar surface area (TPSA) is 88.6 Å². The largest absolute Gasteiger partial charge is 0.497 e. The Labute approximate surface area is 230 Å². The van der Waals surface area contributed by atoms with Gasteiger partial charge >= 0.3 is 0 Å². The third kappa shape index (κ3) is 4.88. The Morgan fingerprint density at radius 1 is 0.974 bits per heavy atom. The van der Waals surface area contributed by atoms with Gasteiger partial charge in [0.25, 0.3) is 0 Å². The minimum Gasteiger partial charge on any atom is -0.497 e. The summed E-state index contributed by atoms with van der Waals surface area (Å²) in [5.41, 5.74) is 14.7. The van der Waals surface area contributed by atoms with E-state index < -0.39 is 5.92 Å². The van der Waals surface area contributed by atoms with Crippen LogP contribution in [-0.2, 0) is 11.4 Å². The lowest BCUT2D eigenvalue weighted by atomic mass is 9.73. The number of benzene rings is 3. The molecule has 0 spiro atoms. The third-order valence-corrected chi connectivity index (χ3v) is 7.67. The molecule has 0 aromatic heterocycles. The van der Waals surface area contributed by atoms with Gasteiger partial charge in [-0.05, 0) is 86.7 Å². The maximum atomic E-state index is 13.6. The van der Waals surface area contributed by atoms with Gasteiger partial charge in [-0.25, -0.2) is 0 Å². The summed E-state index contributed by atoms with van der Waals surface area (Å²) in [5, 5.41) is 10.4. The minimum absolute atomic E-state index is 0.0792. The molecule has 1 aliphatic carbocycles. The van der Waals surface area contributed by atoms with E-state index in [1.807, 2.05) is 74.2 Å². The molecule has 3 aromatic rings. The highest BCUT2D eigenvalue weighted by atomic mass is 16.5. The van der Waals surface area contributed by atoms with Gasteiger partial charge in [0.1, 0.15) is 23.9 Å². The summed E-state index contributed by atoms with van der Waals surface area (Å²) in [4.78, 5) is 15.5. The second-order valence-electron chi connectivity index (χ2n) is 10.3. The SMILES string of the molecule is COc1ccc(OCc2cc(C)cc(C3C(C#N)=C(N)N(c4ccc(C)cc4)C4=C3C(=O)CCC4)c2C)cc1. The highest BCUT2D eigenvalue weighted by molar-refractivity contribution is 6.01. The van der Waals surface area contributed by atoms with Gasteiger partial charge in [-0.3, -0.25) is 9.69 Å². The molecule has 1 atom stereocenters. The first-order chi connectivity index (χ1) is 18.8. The Bertz CT molecular complexity index is 1530. The second-order valence-corrected chi connectivity index (χ2v) is 10.3. The zero-order chi connectivity index (χ0) is 27.7. The Balaban J connectivity index is 1.60. The van der Waals surface area contributed by atoms with Crippen molar-refractivity contribution in [1.29, 1.82) is 5.26 Å². The summed E-state index contributed by atoms with van der Waals surface area (Å²) in [7, 11) is 1.63. The summed E-state index contributed by atoms with van der Waals surface area (Å²) >= 11 is 0. The molecule has 6 nitrogen and oxygen atoms in total. The number of methoxy groups -OCH3 is 1. The van der Waals surface area contributed by atoms with E-state index in [1.54, 1.807) is 7.11 Å². The molecule has 0 radical (unpaired) electrons. The number of carbonyl (C=O) groups is 1. The molecule has 5 rings (SSSR count). The van der Waals surface area contributed by atoms with Gasteiger partial charge in [0.15, 0.2) is 5.78 Å². The van der Waals surface area contributed by atoms with Crippen molar-refractivity contribution in [3.8, 4) is 17.6 Å². The molecule has 6 heteroatoms. The van der Waals surface area contributed by atoms with Crippen LogP contribution >= 0.6 is 0 Å². The highest BCUT2D eigenvalue weighted by Crippen LogP contribution is 2.47. The quantitative estimate of drug-likeness (QED) is 0.400. The normalized spacial score (nSPS) is 17.2. The van der Waals surface area contributed by atoms with Gasteiger partial charge in [-0.15, -0.1) is 0 Å². The number of aryl methyl sites for hydroxylation is 2. The Hall–Kier alpha value is -4.50. The van der Waals surface area contributed by atoms with Gasteiger partial charge in [0, 0.05) is 23.4 Å². The molecule has 1 aliphatic heterocycles. The maximum absolute atomic E-state index is 13.6. The van der Waals surface area contributed by atoms with Crippen molar-refractivity contribution in [2.75, 3.05) is 12.0 Å². The van der Waals surface area contributed by atoms with Crippen molar-refractivity contribution < 1.29 is 14.3 Å². The number of anilines is 1. The van der Waals surface area contributed by atoms with E-state index in [-0.39, 0.29) is 5.78 Å². The molecular formula is C33H33N3O3. The van der Waals surface area contributed by atoms with Crippen LogP contribution in [0.4, 0.5) is 5.69 Å². The summed E-state index contributed by atoms with van der Waals surface area (Å²) in [5.74, 6) is 1.45. The van der Waals surface area contributed by atoms with E-state index in [0.717, 1.165) is 63.5 Å². The smallest absolute Gasteiger partial charge is 0.161 e. The number of nitrogens with two attached hydrogens (primary N) is 1. The van der Waals surface area contributed by atoms with Gasteiger partial charge in [-0.1, -0.05) is 35.4 Å². The number of carbonyl (C=O) groups excluding carboxylic acids is 1. The van der Waals surface area contributed by atoms with Crippen molar-refractivity contribution >= 4 is 11.5 Å². The lowest BCUT2D eigenvalue weighted by Crippen LogP contribution is -2.39. The van der Waals surface area contributed by atoms with Gasteiger partial charge < -0.3 is 15.2 Å². The number of ketones is 1. The molecule has 198 valence electrons. The number of rotatable bonds is 6. The number of Topliss-reactive ketones (excluding diaryl/α,β-unsaturated/α-hetero) is 1. The molecule has 1 heterocycles. The third-order valence-electron chi connectivity index (χ3n) is 7.67. The average Bonchev–Trinajstić information content (AvgIpc) is 2.94. The molecule has 1 unspecified atom stereocenters. The Kier molecular flexibility index (Phi) is 7.17. The summed E-state index contributed by atoms with van der Waals surface area (Å²) in [6.07, 6.45) is 1.95. The molecule has 2 aliphatic rings. The fourth-order valence-corrected chi connectivity index (χ4v) is 5.63. The van der Waals surface area contributed by atoms with E-state index in [4.69, 9.17) is 15.2 Å². The fourth-order valence-electron chi connectivity index (χ4n) is 5.63. The number of ether oxygens (including phenoxy) is 2. The van der Waals surface area contributed by atoms with Crippen LogP contribution in [0.15, 0.2) is 83.3 Å². The lowest BCUT2D eigenvalue weighted by molar-refractivity contribution is -0.116. The van der Waals surface area contributed by atoms with Crippen LogP contribution in [0.5, 0.6) is 11.5 Å². The van der Waals surface area contributed by atoms with E-state index in [1.165, 1.54) is 0 Å². The second kappa shape index (κ2) is 10.7. The highest BCUT2D eigenvalue weighted by Gasteiger charge is 2.41. The minimum atomic E-state index is -0.515. The molecule has 0 amide bonds. The monoisotopic (exact) mass is 519 g/mol. The number of hydrogen-bond acceptors (Lipinski definition) is 6. The van der Waals surface area contributed by atoms with E-state index in [2.05, 4.69) is 18.2 Å². The van der Waals surface area contributed by atoms with Crippen molar-refractivity contribution in [2.45, 2.75) is 52.6 Å². The Morgan fingerprint density at radius 3 is 2.33 bits per heavy atom. The summed E-state index contributed by atoms with van der Waals surface area (Å²) < 4.78 is 11.4. The first-order valence-electron chi connectivity index (χ1n) is 13.2. The predicted molar refractivity (Wildman–Crippen MR) is 152 cm³/mol. The fraction of sp³-hybridized carbons (Fsp3) is 0.273. The number of nitrogens with zero attached hydrogens (tertiary/aromatic N) is 2. The zero-order valence-corrected chi connectivity index (χ0v) is 22.9. The number of allylic oxidation sites excluding steroid dienone is 3. The molecule has 39 heavy (non-hydrogen) atoms. The maximum Gasteiger partial charge on any atom is 0.161 e. The molecule has 2 N–H and O–H groups in total. The molecule has 0 saturated heterocycles. The van der Waals surface area contributed by atoms with Crippen LogP contribution in [0.25, 0.3) is 0 Å². The molecule has 0 fully saturated rings. The van der Waals surface area contributed by atoms with Crippen molar-refractivity contribution in [2.24, 2.45) is 5.73 Å². The first kappa shape index (κ1) is 26.1. The number of hydrogen-bond donors (Lipinski definition) is 1. The van der Waals surface area contributed by atoms with E-state index in [0.29, 0.717) is 30.0 Å². The molecule has 3 aromatic carbocycles. The van der Waals surface area contributed by atoms with Crippen LogP contribution in [0, 0.1) is 32.1 Å². The van der Waals surface area contributed by atoms with E-state index >= 15 is 0 Å². The van der Waals surface area contributed by atoms with Crippen LogP contribution in [0.2, 0.25) is 0 Å². The van der Waals surface area contributed by atoms with Gasteiger partial charge in [0.2, 0.25) is 0 Å². The summed E-state index contributed by atoms with van der Waals surface area (Å²) in [6, 6.07) is 22.1. The predicted octanol–water partition coefficient (Wildman–Crippen LogP) is 6.50. The summed E-state index contributed by atoms with van der Waals surface area (Å²) in [6.45, 7) is 6.45. The van der Waals surface area contributed by atoms with Crippen molar-refractivity contribution in [3.05, 3.63) is 111 Å². The standard InChI is InChI=1S/C33H33N3O3/c1-20-8-10-24(11-9-20)36-29-6-5-7-30(37)32(29)31(28(18-34)33(36)35)27-17-21(2)16-23(22(27)3)19-39-26-14-12-25(38-4)13-15-26/h8-17,31H,5-7,19,35H2,1-4H3. The first-order valence-corrected chi connectivity index (χ1v) is 13.2. The zero-order valence-electron chi connectivity index (χ0n) is 22.9. The van der Waals surface area contributed by atoms with Gasteiger partial charge in [0.05, 0.1) is 24.7 Å². The molecule has 0 saturated carbocycles. The molecule has 0 bridgehead atoms. The van der Waals surface area contributed by atoms with Crippen LogP contribution in [-0.4, -0.2) is 12.9 Å². The van der Waals surface area contributed by atoms with Crippen LogP contribution in [0.1, 0.15) is 53.0 Å². The number of nitriles is 1.